The van der Waals surface area contributed by atoms with Crippen molar-refractivity contribution in [2.45, 2.75) is 0 Å². The van der Waals surface area contributed by atoms with E-state index >= 15 is 0 Å². The minimum absolute atomic E-state index is 0. The van der Waals surface area contributed by atoms with Gasteiger partial charge in [0.25, 0.3) is 0 Å². The molecule has 0 atom stereocenters. The number of hydrogen-bond acceptors (Lipinski definition) is 2. The molecular formula is C3H5N3Y-2. The molecule has 1 aromatic heterocycles. The molecule has 7 heavy (non-hydrogen) atoms. The molecule has 1 aromatic rings. The Morgan fingerprint density at radius 3 is 2.29 bits per heavy atom. The van der Waals surface area contributed by atoms with Crippen LogP contribution in [0.1, 0.15) is 0 Å². The second-order valence-electron chi connectivity index (χ2n) is 0.619. The van der Waals surface area contributed by atoms with Gasteiger partial charge in [-0.25, -0.2) is 0 Å². The van der Waals surface area contributed by atoms with Crippen LogP contribution >= 0.6 is 0 Å². The van der Waals surface area contributed by atoms with Crippen molar-refractivity contribution in [3.8, 4) is 0 Å². The first kappa shape index (κ1) is 10.3. The minimum atomic E-state index is 0. The zero-order valence-corrected chi connectivity index (χ0v) is 6.91. The average Bonchev–Trinajstić information content (AvgIpc) is 1.76. The maximum Gasteiger partial charge on any atom is 0 e. The molecule has 0 saturated carbocycles. The van der Waals surface area contributed by atoms with E-state index in [-0.39, 0.29) is 40.1 Å². The predicted molar refractivity (Wildman–Crippen MR) is 21.8 cm³/mol. The summed E-state index contributed by atoms with van der Waals surface area (Å²) in [7, 11) is 0. The van der Waals surface area contributed by atoms with Gasteiger partial charge in [0.05, 0.1) is 0 Å². The van der Waals surface area contributed by atoms with Crippen LogP contribution in [0.3, 0.4) is 0 Å². The van der Waals surface area contributed by atoms with Crippen molar-refractivity contribution in [3.05, 3.63) is 19.8 Å². The first-order chi connectivity index (χ1) is 2.50. The molecule has 0 saturated heterocycles. The van der Waals surface area contributed by atoms with Gasteiger partial charge in [-0.3, -0.25) is 5.21 Å². The Hall–Kier alpha value is 0.244. The summed E-state index contributed by atoms with van der Waals surface area (Å²) in [5.74, 6) is 0. The Kier molecular flexibility index (Phi) is 9.16. The third kappa shape index (κ3) is 4.09. The standard InChI is InChI=1S/C2H2N3.CH3.Y/c1-2-4-5-3-1;;/h1-2H;1H3;/q2*-1;. The van der Waals surface area contributed by atoms with Crippen molar-refractivity contribution in [3.63, 3.8) is 0 Å². The number of hydrogen-bond donors (Lipinski definition) is 0. The number of rotatable bonds is 0. The van der Waals surface area contributed by atoms with Gasteiger partial charge in [0, 0.05) is 32.7 Å². The Morgan fingerprint density at radius 1 is 1.43 bits per heavy atom. The average molecular weight is 172 g/mol. The second-order valence-corrected chi connectivity index (χ2v) is 0.619. The summed E-state index contributed by atoms with van der Waals surface area (Å²) in [5, 5.41) is 9.94. The topological polar surface area (TPSA) is 39.9 Å². The summed E-state index contributed by atoms with van der Waals surface area (Å²) in [5.41, 5.74) is 0. The molecule has 0 bridgehead atoms. The van der Waals surface area contributed by atoms with Crippen molar-refractivity contribution in [1.29, 1.82) is 0 Å². The van der Waals surface area contributed by atoms with E-state index in [1.54, 1.807) is 0 Å². The van der Waals surface area contributed by atoms with Gasteiger partial charge in [-0.1, -0.05) is 12.4 Å². The van der Waals surface area contributed by atoms with Crippen molar-refractivity contribution in [2.24, 2.45) is 0 Å². The maximum absolute atomic E-state index is 3.36. The summed E-state index contributed by atoms with van der Waals surface area (Å²) in [4.78, 5) is 0. The Labute approximate surface area is 67.8 Å². The molecule has 0 unspecified atom stereocenters. The smallest absolute Gasteiger partial charge is 0 e. The molecule has 4 heteroatoms. The normalized spacial score (nSPS) is 5.71. The zero-order chi connectivity index (χ0) is 3.54. The van der Waals surface area contributed by atoms with Crippen LogP contribution in [0.25, 0.3) is 0 Å². The number of nitrogens with zero attached hydrogens (tertiary/aromatic N) is 3. The van der Waals surface area contributed by atoms with Gasteiger partial charge in [0.2, 0.25) is 0 Å². The van der Waals surface area contributed by atoms with Gasteiger partial charge in [-0.15, -0.1) is 0 Å². The van der Waals surface area contributed by atoms with Crippen molar-refractivity contribution < 1.29 is 32.7 Å². The molecular weight excluding hydrogens is 167 g/mol. The molecule has 0 aromatic carbocycles. The molecule has 1 radical (unpaired) electrons. The van der Waals surface area contributed by atoms with Crippen LogP contribution in [-0.2, 0) is 32.7 Å². The fraction of sp³-hybridized carbons (Fsp3) is 0. The first-order valence-electron chi connectivity index (χ1n) is 1.25. The van der Waals surface area contributed by atoms with Gasteiger partial charge >= 0.3 is 0 Å². The van der Waals surface area contributed by atoms with E-state index in [1.165, 1.54) is 12.4 Å². The molecule has 0 aliphatic carbocycles. The molecule has 0 amide bonds. The largest absolute Gasteiger partial charge is 0.359 e. The molecule has 0 fully saturated rings. The minimum Gasteiger partial charge on any atom is -0.359 e. The quantitative estimate of drug-likeness (QED) is 0.512. The van der Waals surface area contributed by atoms with Gasteiger partial charge in [0.15, 0.2) is 0 Å². The zero-order valence-electron chi connectivity index (χ0n) is 4.07. The van der Waals surface area contributed by atoms with Crippen LogP contribution in [0.4, 0.5) is 0 Å². The molecule has 0 spiro atoms. The van der Waals surface area contributed by atoms with Crippen molar-refractivity contribution in [2.75, 3.05) is 0 Å². The van der Waals surface area contributed by atoms with Crippen LogP contribution in [0, 0.1) is 7.43 Å². The van der Waals surface area contributed by atoms with E-state index in [0.717, 1.165) is 0 Å². The second kappa shape index (κ2) is 6.24. The molecule has 0 N–H and O–H groups in total. The van der Waals surface area contributed by atoms with Gasteiger partial charge in [-0.2, -0.15) is 0 Å². The van der Waals surface area contributed by atoms with Crippen LogP contribution in [-0.4, -0.2) is 10.3 Å². The molecule has 0 aliphatic heterocycles. The van der Waals surface area contributed by atoms with Gasteiger partial charge < -0.3 is 17.6 Å². The molecule has 1 rings (SSSR count). The third-order valence-corrected chi connectivity index (χ3v) is 0.303. The monoisotopic (exact) mass is 172 g/mol. The molecule has 3 nitrogen and oxygen atoms in total. The number of aromatic nitrogens is 3. The molecule has 37 valence electrons. The van der Waals surface area contributed by atoms with E-state index in [9.17, 15) is 0 Å². The SMILES string of the molecule is [CH3-].[Y].c1c[n-]nn1. The van der Waals surface area contributed by atoms with Crippen molar-refractivity contribution in [1.82, 2.24) is 15.4 Å². The maximum atomic E-state index is 3.36. The Morgan fingerprint density at radius 2 is 2.14 bits per heavy atom. The third-order valence-electron chi connectivity index (χ3n) is 0.303. The van der Waals surface area contributed by atoms with Crippen LogP contribution in [0.2, 0.25) is 0 Å². The summed E-state index contributed by atoms with van der Waals surface area (Å²) < 4.78 is 0. The van der Waals surface area contributed by atoms with Crippen LogP contribution in [0.5, 0.6) is 0 Å². The molecule has 1 heterocycles. The van der Waals surface area contributed by atoms with E-state index in [2.05, 4.69) is 15.4 Å². The molecule has 0 aliphatic rings. The van der Waals surface area contributed by atoms with E-state index < -0.39 is 0 Å². The van der Waals surface area contributed by atoms with E-state index in [0.29, 0.717) is 0 Å². The fourth-order valence-electron chi connectivity index (χ4n) is 0.149. The van der Waals surface area contributed by atoms with Gasteiger partial charge in [0.1, 0.15) is 0 Å². The summed E-state index contributed by atoms with van der Waals surface area (Å²) >= 11 is 0. The first-order valence-corrected chi connectivity index (χ1v) is 1.25. The Bertz CT molecular complexity index is 66.7. The van der Waals surface area contributed by atoms with E-state index in [1.807, 2.05) is 0 Å². The van der Waals surface area contributed by atoms with Crippen LogP contribution < -0.4 is 5.10 Å². The predicted octanol–water partition coefficient (Wildman–Crippen LogP) is -0.118. The van der Waals surface area contributed by atoms with Gasteiger partial charge in [-0.05, 0) is 0 Å². The fourth-order valence-corrected chi connectivity index (χ4v) is 0.149. The Balaban J connectivity index is 0. The van der Waals surface area contributed by atoms with Crippen LogP contribution in [0.15, 0.2) is 12.4 Å². The summed E-state index contributed by atoms with van der Waals surface area (Å²) in [6, 6.07) is 0. The van der Waals surface area contributed by atoms with E-state index in [4.69, 9.17) is 0 Å². The van der Waals surface area contributed by atoms with Crippen molar-refractivity contribution >= 4 is 0 Å². The summed E-state index contributed by atoms with van der Waals surface area (Å²) in [6.07, 6.45) is 3.06. The summed E-state index contributed by atoms with van der Waals surface area (Å²) in [6.45, 7) is 0.